The van der Waals surface area contributed by atoms with E-state index in [1.807, 2.05) is 0 Å². The normalized spacial score (nSPS) is 23.5. The van der Waals surface area contributed by atoms with Gasteiger partial charge < -0.3 is 9.47 Å². The van der Waals surface area contributed by atoms with Crippen LogP contribution < -0.4 is 9.47 Å². The van der Waals surface area contributed by atoms with Crippen LogP contribution in [0.4, 0.5) is 0 Å². The van der Waals surface area contributed by atoms with Crippen LogP contribution in [0.25, 0.3) is 0 Å². The Morgan fingerprint density at radius 2 is 1.96 bits per heavy atom. The average molecular weight is 443 g/mol. The van der Waals surface area contributed by atoms with Crippen LogP contribution in [0.2, 0.25) is 0 Å². The Morgan fingerprint density at radius 3 is 2.67 bits per heavy atom. The van der Waals surface area contributed by atoms with Gasteiger partial charge in [-0.25, -0.2) is 0 Å². The zero-order valence-electron chi connectivity index (χ0n) is 14.5. The van der Waals surface area contributed by atoms with Gasteiger partial charge in [-0.3, -0.25) is 9.69 Å². The van der Waals surface area contributed by atoms with Gasteiger partial charge in [-0.15, -0.1) is 0 Å². The molecule has 0 aliphatic carbocycles. The highest BCUT2D eigenvalue weighted by molar-refractivity contribution is 14.1. The van der Waals surface area contributed by atoms with Crippen molar-refractivity contribution in [3.8, 4) is 11.5 Å². The standard InChI is InChI=1S/C19H26INO3/c1-23-18-9-13-6-8-21-12-14(5-3-4-7-20)17(22)11-16(21)15(13)10-19(18)24-2/h9-10,14,16H,3-8,11-12H2,1-2H3/t14-,16-/m1/s1. The van der Waals surface area contributed by atoms with Gasteiger partial charge in [0.1, 0.15) is 5.78 Å². The lowest BCUT2D eigenvalue weighted by Crippen LogP contribution is -2.46. The molecule has 1 fully saturated rings. The summed E-state index contributed by atoms with van der Waals surface area (Å²) < 4.78 is 12.1. The van der Waals surface area contributed by atoms with Crippen LogP contribution in [0.3, 0.4) is 0 Å². The van der Waals surface area contributed by atoms with Gasteiger partial charge >= 0.3 is 0 Å². The first kappa shape index (κ1) is 18.0. The topological polar surface area (TPSA) is 38.8 Å². The monoisotopic (exact) mass is 443 g/mol. The minimum absolute atomic E-state index is 0.210. The molecule has 0 bridgehead atoms. The zero-order chi connectivity index (χ0) is 17.1. The summed E-state index contributed by atoms with van der Waals surface area (Å²) in [5, 5.41) is 0. The van der Waals surface area contributed by atoms with E-state index in [4.69, 9.17) is 9.47 Å². The molecule has 0 amide bonds. The summed E-state index contributed by atoms with van der Waals surface area (Å²) in [5.41, 5.74) is 2.54. The number of fused-ring (bicyclic) bond motifs is 3. The Balaban J connectivity index is 1.79. The van der Waals surface area contributed by atoms with E-state index in [1.165, 1.54) is 28.4 Å². The molecule has 2 aliphatic heterocycles. The van der Waals surface area contributed by atoms with Crippen LogP contribution in [0.15, 0.2) is 12.1 Å². The van der Waals surface area contributed by atoms with Crippen molar-refractivity contribution < 1.29 is 14.3 Å². The molecule has 5 heteroatoms. The molecule has 132 valence electrons. The van der Waals surface area contributed by atoms with E-state index in [0.717, 1.165) is 37.4 Å². The average Bonchev–Trinajstić information content (AvgIpc) is 2.61. The number of alkyl halides is 1. The molecule has 0 unspecified atom stereocenters. The predicted octanol–water partition coefficient (Wildman–Crippen LogP) is 3.80. The second-order valence-electron chi connectivity index (χ2n) is 6.72. The van der Waals surface area contributed by atoms with Crippen LogP contribution in [0, 0.1) is 5.92 Å². The van der Waals surface area contributed by atoms with E-state index in [1.54, 1.807) is 14.2 Å². The summed E-state index contributed by atoms with van der Waals surface area (Å²) in [4.78, 5) is 15.2. The van der Waals surface area contributed by atoms with Crippen LogP contribution in [0.1, 0.15) is 42.9 Å². The van der Waals surface area contributed by atoms with Crippen molar-refractivity contribution in [2.24, 2.45) is 5.92 Å². The van der Waals surface area contributed by atoms with Gasteiger partial charge in [0, 0.05) is 31.5 Å². The third kappa shape index (κ3) is 3.57. The first-order valence-electron chi connectivity index (χ1n) is 8.75. The van der Waals surface area contributed by atoms with Gasteiger partial charge in [-0.2, -0.15) is 0 Å². The van der Waals surface area contributed by atoms with Crippen LogP contribution in [-0.2, 0) is 11.2 Å². The Bertz CT molecular complexity index is 605. The Kier molecular flexibility index (Phi) is 6.02. The lowest BCUT2D eigenvalue weighted by Gasteiger charge is -2.43. The SMILES string of the molecule is COc1cc2c(cc1OC)[C@H]1CC(=O)[C@H](CCCCI)CN1CC2. The number of carbonyl (C=O) groups excluding carboxylic acids is 1. The first-order valence-corrected chi connectivity index (χ1v) is 10.3. The summed E-state index contributed by atoms with van der Waals surface area (Å²) >= 11 is 2.41. The number of unbranched alkanes of at least 4 members (excludes halogenated alkanes) is 1. The molecule has 2 atom stereocenters. The van der Waals surface area contributed by atoms with Gasteiger partial charge in [0.05, 0.1) is 14.2 Å². The molecule has 4 nitrogen and oxygen atoms in total. The summed E-state index contributed by atoms with van der Waals surface area (Å²) in [5.74, 6) is 2.21. The molecular weight excluding hydrogens is 417 g/mol. The number of nitrogens with zero attached hydrogens (tertiary/aromatic N) is 1. The van der Waals surface area contributed by atoms with Crippen LogP contribution >= 0.6 is 22.6 Å². The number of ketones is 1. The lowest BCUT2D eigenvalue weighted by atomic mass is 9.81. The molecule has 1 aromatic rings. The Morgan fingerprint density at radius 1 is 1.21 bits per heavy atom. The highest BCUT2D eigenvalue weighted by Gasteiger charge is 2.38. The Labute approximate surface area is 158 Å². The number of hydrogen-bond donors (Lipinski definition) is 0. The molecule has 1 saturated heterocycles. The number of halogens is 1. The molecule has 0 saturated carbocycles. The Hall–Kier alpha value is -0.820. The van der Waals surface area contributed by atoms with Crippen molar-refractivity contribution in [1.29, 1.82) is 0 Å². The first-order chi connectivity index (χ1) is 11.7. The molecule has 0 spiro atoms. The number of piperidine rings is 1. The van der Waals surface area contributed by atoms with E-state index in [0.29, 0.717) is 12.2 Å². The predicted molar refractivity (Wildman–Crippen MR) is 103 cm³/mol. The number of methoxy groups -OCH3 is 2. The quantitative estimate of drug-likeness (QED) is 0.381. The molecule has 0 radical (unpaired) electrons. The fraction of sp³-hybridized carbons (Fsp3) is 0.632. The van der Waals surface area contributed by atoms with Crippen molar-refractivity contribution in [2.45, 2.75) is 38.1 Å². The van der Waals surface area contributed by atoms with Crippen LogP contribution in [-0.4, -0.2) is 42.4 Å². The fourth-order valence-corrected chi connectivity index (χ4v) is 4.56. The van der Waals surface area contributed by atoms with Crippen LogP contribution in [0.5, 0.6) is 11.5 Å². The number of hydrogen-bond acceptors (Lipinski definition) is 4. The second kappa shape index (κ2) is 8.04. The summed E-state index contributed by atoms with van der Waals surface area (Å²) in [6.45, 7) is 1.95. The smallest absolute Gasteiger partial charge is 0.161 e. The molecular formula is C19H26INO3. The lowest BCUT2D eigenvalue weighted by molar-refractivity contribution is -0.129. The maximum absolute atomic E-state index is 12.6. The van der Waals surface area contributed by atoms with E-state index in [2.05, 4.69) is 39.6 Å². The number of carbonyl (C=O) groups is 1. The number of ether oxygens (including phenoxy) is 2. The molecule has 0 aromatic heterocycles. The summed E-state index contributed by atoms with van der Waals surface area (Å²) in [7, 11) is 3.34. The number of rotatable bonds is 6. The van der Waals surface area contributed by atoms with Gasteiger partial charge in [-0.1, -0.05) is 29.0 Å². The van der Waals surface area contributed by atoms with Crippen molar-refractivity contribution in [1.82, 2.24) is 4.90 Å². The largest absolute Gasteiger partial charge is 0.493 e. The molecule has 2 aliphatic rings. The van der Waals surface area contributed by atoms with E-state index in [-0.39, 0.29) is 12.0 Å². The summed E-state index contributed by atoms with van der Waals surface area (Å²) in [6.07, 6.45) is 5.08. The maximum Gasteiger partial charge on any atom is 0.161 e. The maximum atomic E-state index is 12.6. The number of Topliss-reactive ketones (excluding diaryl/α,β-unsaturated/α-hetero) is 1. The molecule has 1 aromatic carbocycles. The van der Waals surface area contributed by atoms with Crippen molar-refractivity contribution >= 4 is 28.4 Å². The third-order valence-electron chi connectivity index (χ3n) is 5.35. The highest BCUT2D eigenvalue weighted by Crippen LogP contribution is 2.42. The highest BCUT2D eigenvalue weighted by atomic mass is 127. The molecule has 2 heterocycles. The summed E-state index contributed by atoms with van der Waals surface area (Å²) in [6, 6.07) is 4.37. The minimum atomic E-state index is 0.210. The zero-order valence-corrected chi connectivity index (χ0v) is 16.7. The third-order valence-corrected chi connectivity index (χ3v) is 6.12. The molecule has 0 N–H and O–H groups in total. The van der Waals surface area contributed by atoms with Crippen molar-refractivity contribution in [3.05, 3.63) is 23.3 Å². The van der Waals surface area contributed by atoms with E-state index >= 15 is 0 Å². The molecule has 24 heavy (non-hydrogen) atoms. The van der Waals surface area contributed by atoms with Gasteiger partial charge in [0.2, 0.25) is 0 Å². The van der Waals surface area contributed by atoms with Gasteiger partial charge in [0.25, 0.3) is 0 Å². The van der Waals surface area contributed by atoms with Gasteiger partial charge in [0.15, 0.2) is 11.5 Å². The van der Waals surface area contributed by atoms with Crippen molar-refractivity contribution in [3.63, 3.8) is 0 Å². The fourth-order valence-electron chi connectivity index (χ4n) is 4.02. The van der Waals surface area contributed by atoms with Gasteiger partial charge in [-0.05, 0) is 46.9 Å². The minimum Gasteiger partial charge on any atom is -0.493 e. The second-order valence-corrected chi connectivity index (χ2v) is 7.80. The van der Waals surface area contributed by atoms with E-state index in [9.17, 15) is 4.79 Å². The number of benzene rings is 1. The van der Waals surface area contributed by atoms with Crippen molar-refractivity contribution in [2.75, 3.05) is 31.7 Å². The van der Waals surface area contributed by atoms with E-state index < -0.39 is 0 Å². The molecule has 3 rings (SSSR count).